The van der Waals surface area contributed by atoms with Crippen molar-refractivity contribution in [2.24, 2.45) is 0 Å². The number of rotatable bonds is 4. The Balaban J connectivity index is 0.000000248. The second-order valence-electron chi connectivity index (χ2n) is 8.88. The second kappa shape index (κ2) is 21.3. The Bertz CT molecular complexity index is 1560. The molecule has 47 heavy (non-hydrogen) atoms. The molecule has 0 aliphatic heterocycles. The number of anilines is 4. The molecule has 0 atom stereocenters. The van der Waals surface area contributed by atoms with Gasteiger partial charge in [0.2, 0.25) is 0 Å². The number of urea groups is 2. The molecule has 4 N–H and O–H groups in total. The second-order valence-corrected chi connectivity index (χ2v) is 8.88. The molecule has 6 nitrogen and oxygen atoms in total. The van der Waals surface area contributed by atoms with Gasteiger partial charge >= 0.3 is 33.8 Å². The molecule has 0 saturated carbocycles. The maximum absolute atomic E-state index is 13.2. The maximum atomic E-state index is 13.2. The van der Waals surface area contributed by atoms with Crippen molar-refractivity contribution in [3.8, 4) is 0 Å². The first-order valence-corrected chi connectivity index (χ1v) is 13.6. The average Bonchev–Trinajstić information content (AvgIpc) is 3.82. The van der Waals surface area contributed by atoms with E-state index in [1.54, 1.807) is 60.7 Å². The molecule has 0 aliphatic rings. The van der Waals surface area contributed by atoms with Crippen LogP contribution in [0.1, 0.15) is 0 Å². The van der Waals surface area contributed by atoms with Gasteiger partial charge in [-0.3, -0.25) is 0 Å². The van der Waals surface area contributed by atoms with Crippen LogP contribution in [0.25, 0.3) is 0 Å². The van der Waals surface area contributed by atoms with Crippen LogP contribution in [0.3, 0.4) is 0 Å². The van der Waals surface area contributed by atoms with E-state index in [-0.39, 0.29) is 33.1 Å². The van der Waals surface area contributed by atoms with Crippen LogP contribution in [0.2, 0.25) is 0 Å². The minimum absolute atomic E-state index is 0. The molecule has 0 heterocycles. The molecule has 0 fully saturated rings. The van der Waals surface area contributed by atoms with Gasteiger partial charge in [-0.1, -0.05) is 36.4 Å². The zero-order valence-electron chi connectivity index (χ0n) is 24.7. The van der Waals surface area contributed by atoms with Gasteiger partial charge in [0.15, 0.2) is 0 Å². The number of benzene rings is 4. The number of carbonyl (C=O) groups excluding carboxylic acids is 2. The summed E-state index contributed by atoms with van der Waals surface area (Å²) in [6.07, 6.45) is 0. The maximum Gasteiger partial charge on any atom is 4.00 e. The van der Waals surface area contributed by atoms with E-state index in [0.29, 0.717) is 11.4 Å². The third-order valence-corrected chi connectivity index (χ3v) is 5.39. The summed E-state index contributed by atoms with van der Waals surface area (Å²) in [5.41, 5.74) is 0.873. The first-order valence-electron chi connectivity index (χ1n) is 13.6. The minimum Gasteiger partial charge on any atom is -0.358 e. The van der Waals surface area contributed by atoms with Gasteiger partial charge in [-0.05, 0) is 35.6 Å². The van der Waals surface area contributed by atoms with Gasteiger partial charge in [0.05, 0.1) is 0 Å². The van der Waals surface area contributed by atoms with Crippen LogP contribution in [-0.2, 0) is 21.7 Å². The van der Waals surface area contributed by atoms with Crippen molar-refractivity contribution >= 4 is 34.8 Å². The number of amides is 4. The molecule has 4 amide bonds. The minimum atomic E-state index is -0.946. The van der Waals surface area contributed by atoms with Crippen LogP contribution in [-0.4, -0.2) is 12.1 Å². The third kappa shape index (κ3) is 15.4. The van der Waals surface area contributed by atoms with E-state index in [1.807, 2.05) is 72.8 Å². The Kier molecular flexibility index (Phi) is 17.1. The molecule has 0 aliphatic carbocycles. The van der Waals surface area contributed by atoms with Crippen molar-refractivity contribution in [3.63, 3.8) is 0 Å². The molecule has 0 unspecified atom stereocenters. The number of hydrogen-bond donors (Lipinski definition) is 4. The van der Waals surface area contributed by atoms with E-state index in [1.165, 1.54) is 0 Å². The first kappa shape index (κ1) is 37.7. The molecule has 236 valence electrons. The smallest absolute Gasteiger partial charge is 0.358 e. The Morgan fingerprint density at radius 1 is 0.468 bits per heavy atom. The fraction of sp³-hybridized carbons (Fsp3) is 0. The van der Waals surface area contributed by atoms with Crippen LogP contribution >= 0.6 is 0 Å². The van der Waals surface area contributed by atoms with Crippen LogP contribution in [0.5, 0.6) is 0 Å². The van der Waals surface area contributed by atoms with E-state index in [2.05, 4.69) is 21.3 Å². The van der Waals surface area contributed by atoms with Crippen LogP contribution in [0.4, 0.5) is 49.9 Å². The Morgan fingerprint density at radius 2 is 0.809 bits per heavy atom. The molecule has 0 saturated heterocycles. The van der Waals surface area contributed by atoms with Gasteiger partial charge in [0, 0.05) is 34.6 Å². The van der Waals surface area contributed by atoms with E-state index < -0.39 is 35.3 Å². The Hall–Kier alpha value is -5.45. The first-order chi connectivity index (χ1) is 22.3. The molecule has 0 spiro atoms. The van der Waals surface area contributed by atoms with E-state index in [0.717, 1.165) is 24.3 Å². The average molecular weight is 673 g/mol. The predicted molar refractivity (Wildman–Crippen MR) is 173 cm³/mol. The van der Waals surface area contributed by atoms with Crippen LogP contribution < -0.4 is 21.3 Å². The fourth-order valence-electron chi connectivity index (χ4n) is 3.33. The Labute approximate surface area is 285 Å². The summed E-state index contributed by atoms with van der Waals surface area (Å²) >= 11 is 0. The van der Waals surface area contributed by atoms with E-state index >= 15 is 0 Å². The van der Waals surface area contributed by atoms with Gasteiger partial charge < -0.3 is 21.3 Å². The summed E-state index contributed by atoms with van der Waals surface area (Å²) in [7, 11) is 0. The quantitative estimate of drug-likeness (QED) is 0.0855. The van der Waals surface area contributed by atoms with E-state index in [4.69, 9.17) is 0 Å². The van der Waals surface area contributed by atoms with Gasteiger partial charge in [-0.25, -0.2) is 51.4 Å². The van der Waals surface area contributed by atoms with Crippen LogP contribution in [0, 0.1) is 35.4 Å². The number of halogens is 4. The van der Waals surface area contributed by atoms with Gasteiger partial charge in [-0.15, -0.1) is 36.4 Å². The standard InChI is InChI=1S/2C13H9F2N2O.2C5H5.Ti/c2*14-9-6-7-12(11(15)8-9)17-13(18)16-10-4-2-1-3-5-10;2*1-2-4-5-3-1;/h2*1-7H,(H2,16,17,18);2*1-5H;/q4*-1;+4. The molecule has 6 aromatic rings. The largest absolute Gasteiger partial charge is 4.00 e. The molecular weight excluding hydrogens is 644 g/mol. The third-order valence-electron chi connectivity index (χ3n) is 5.39. The van der Waals surface area contributed by atoms with Gasteiger partial charge in [0.25, 0.3) is 0 Å². The topological polar surface area (TPSA) is 82.3 Å². The SMILES string of the molecule is O=C(Nc1ccccc1)Nc1ccc(F)[c-]c1F.O=C(Nc1ccccc1)Nc1ccc(F)[c-]c1F.[Ti+4].c1cc[cH-]c1.c1cc[cH-]c1. The summed E-state index contributed by atoms with van der Waals surface area (Å²) in [6.45, 7) is 0. The zero-order chi connectivity index (χ0) is 33.0. The summed E-state index contributed by atoms with van der Waals surface area (Å²) in [6, 6.07) is 44.1. The molecule has 0 radical (unpaired) electrons. The van der Waals surface area contributed by atoms with Crippen molar-refractivity contribution in [3.05, 3.63) is 181 Å². The molecular formula is C36H28F4N4O2Ti. The molecule has 6 rings (SSSR count). The van der Waals surface area contributed by atoms with Gasteiger partial charge in [-0.2, -0.15) is 36.4 Å². The summed E-state index contributed by atoms with van der Waals surface area (Å²) in [5.74, 6) is -3.53. The van der Waals surface area contributed by atoms with Crippen molar-refractivity contribution in [2.75, 3.05) is 21.3 Å². The van der Waals surface area contributed by atoms with Crippen LogP contribution in [0.15, 0.2) is 146 Å². The van der Waals surface area contributed by atoms with E-state index in [9.17, 15) is 27.2 Å². The van der Waals surface area contributed by atoms with Crippen molar-refractivity contribution < 1.29 is 48.9 Å². The molecule has 0 bridgehead atoms. The van der Waals surface area contributed by atoms with Crippen molar-refractivity contribution in [1.82, 2.24) is 0 Å². The number of para-hydroxylation sites is 2. The normalized spacial score (nSPS) is 9.28. The van der Waals surface area contributed by atoms with Crippen molar-refractivity contribution in [2.45, 2.75) is 0 Å². The number of hydrogen-bond acceptors (Lipinski definition) is 2. The molecule has 11 heteroatoms. The monoisotopic (exact) mass is 672 g/mol. The zero-order valence-corrected chi connectivity index (χ0v) is 26.2. The number of carbonyl (C=O) groups is 2. The summed E-state index contributed by atoms with van der Waals surface area (Å²) < 4.78 is 51.6. The molecule has 6 aromatic carbocycles. The summed E-state index contributed by atoms with van der Waals surface area (Å²) in [5, 5.41) is 9.54. The van der Waals surface area contributed by atoms with Crippen molar-refractivity contribution in [1.29, 1.82) is 0 Å². The summed E-state index contributed by atoms with van der Waals surface area (Å²) in [4.78, 5) is 23.0. The predicted octanol–water partition coefficient (Wildman–Crippen LogP) is 9.63. The number of nitrogens with one attached hydrogen (secondary N) is 4. The van der Waals surface area contributed by atoms with Gasteiger partial charge in [0.1, 0.15) is 0 Å². The Morgan fingerprint density at radius 3 is 1.09 bits per heavy atom. The fourth-order valence-corrected chi connectivity index (χ4v) is 3.33. The molecule has 0 aromatic heterocycles.